The average molecular weight is 382 g/mol. The summed E-state index contributed by atoms with van der Waals surface area (Å²) in [6.45, 7) is 3.24. The molecule has 0 N–H and O–H groups in total. The Balaban J connectivity index is 1.41. The van der Waals surface area contributed by atoms with Gasteiger partial charge >= 0.3 is 0 Å². The first-order valence-corrected chi connectivity index (χ1v) is 10.2. The standard InChI is InChI=1S/C23H24FNOS/c1-17-4-3-13-25(17)15-18-7-10-21(11-8-18)27-22-6-2-5-19(14-22)23-12-9-20(24)16-26-23/h2-8,10-11,13-14,20,23H,9,12,15-16H2,1H3. The third-order valence-electron chi connectivity index (χ3n) is 5.02. The average Bonchev–Trinajstić information content (AvgIpc) is 3.09. The van der Waals surface area contributed by atoms with Crippen LogP contribution in [0.4, 0.5) is 4.39 Å². The van der Waals surface area contributed by atoms with Gasteiger partial charge in [0.1, 0.15) is 6.17 Å². The molecule has 0 saturated carbocycles. The molecule has 0 amide bonds. The number of hydrogen-bond acceptors (Lipinski definition) is 2. The van der Waals surface area contributed by atoms with E-state index in [1.807, 2.05) is 0 Å². The highest BCUT2D eigenvalue weighted by Crippen LogP contribution is 2.33. The minimum Gasteiger partial charge on any atom is -0.371 e. The first-order chi connectivity index (χ1) is 13.2. The number of ether oxygens (including phenoxy) is 1. The zero-order valence-corrected chi connectivity index (χ0v) is 16.3. The second-order valence-corrected chi connectivity index (χ2v) is 8.24. The van der Waals surface area contributed by atoms with Crippen molar-refractivity contribution in [2.75, 3.05) is 6.61 Å². The van der Waals surface area contributed by atoms with Gasteiger partial charge in [-0.3, -0.25) is 0 Å². The van der Waals surface area contributed by atoms with Crippen LogP contribution in [0.15, 0.2) is 76.7 Å². The highest BCUT2D eigenvalue weighted by molar-refractivity contribution is 7.99. The van der Waals surface area contributed by atoms with Crippen molar-refractivity contribution in [3.05, 3.63) is 83.7 Å². The molecule has 2 unspecified atom stereocenters. The van der Waals surface area contributed by atoms with Crippen LogP contribution >= 0.6 is 11.8 Å². The molecule has 4 heteroatoms. The SMILES string of the molecule is Cc1cccn1Cc1ccc(Sc2cccc(C3CCC(F)CO3)c2)cc1. The van der Waals surface area contributed by atoms with Gasteiger partial charge in [-0.15, -0.1) is 0 Å². The van der Waals surface area contributed by atoms with E-state index < -0.39 is 6.17 Å². The number of hydrogen-bond donors (Lipinski definition) is 0. The Morgan fingerprint density at radius 3 is 2.59 bits per heavy atom. The van der Waals surface area contributed by atoms with E-state index in [2.05, 4.69) is 78.4 Å². The fraction of sp³-hybridized carbons (Fsp3) is 0.304. The number of halogens is 1. The lowest BCUT2D eigenvalue weighted by Gasteiger charge is -2.25. The lowest BCUT2D eigenvalue weighted by atomic mass is 10.0. The van der Waals surface area contributed by atoms with Crippen LogP contribution in [-0.2, 0) is 11.3 Å². The summed E-state index contributed by atoms with van der Waals surface area (Å²) in [5, 5.41) is 0. The van der Waals surface area contributed by atoms with E-state index in [0.717, 1.165) is 18.5 Å². The van der Waals surface area contributed by atoms with Crippen LogP contribution in [0, 0.1) is 6.92 Å². The molecule has 2 atom stereocenters. The highest BCUT2D eigenvalue weighted by Gasteiger charge is 2.22. The molecule has 0 spiro atoms. The number of benzene rings is 2. The summed E-state index contributed by atoms with van der Waals surface area (Å²) in [5.74, 6) is 0. The van der Waals surface area contributed by atoms with Gasteiger partial charge in [-0.05, 0) is 67.3 Å². The smallest absolute Gasteiger partial charge is 0.123 e. The molecule has 0 bridgehead atoms. The van der Waals surface area contributed by atoms with Gasteiger partial charge < -0.3 is 9.30 Å². The number of rotatable bonds is 5. The summed E-state index contributed by atoms with van der Waals surface area (Å²) < 4.78 is 21.2. The Bertz CT molecular complexity index is 881. The van der Waals surface area contributed by atoms with Crippen molar-refractivity contribution in [2.24, 2.45) is 0 Å². The van der Waals surface area contributed by atoms with Gasteiger partial charge in [0, 0.05) is 28.2 Å². The molecule has 1 aromatic heterocycles. The van der Waals surface area contributed by atoms with Crippen molar-refractivity contribution in [3.8, 4) is 0 Å². The maximum absolute atomic E-state index is 13.3. The van der Waals surface area contributed by atoms with E-state index in [0.29, 0.717) is 6.42 Å². The van der Waals surface area contributed by atoms with Crippen LogP contribution in [-0.4, -0.2) is 17.3 Å². The van der Waals surface area contributed by atoms with Gasteiger partial charge in [0.15, 0.2) is 0 Å². The molecule has 2 aromatic carbocycles. The molecule has 140 valence electrons. The molecule has 1 fully saturated rings. The Labute approximate surface area is 164 Å². The summed E-state index contributed by atoms with van der Waals surface area (Å²) in [6, 6.07) is 21.4. The van der Waals surface area contributed by atoms with Crippen LogP contribution in [0.1, 0.15) is 35.8 Å². The van der Waals surface area contributed by atoms with Crippen molar-refractivity contribution >= 4 is 11.8 Å². The van der Waals surface area contributed by atoms with Crippen LogP contribution in [0.5, 0.6) is 0 Å². The molecule has 2 nitrogen and oxygen atoms in total. The van der Waals surface area contributed by atoms with Crippen LogP contribution in [0.2, 0.25) is 0 Å². The summed E-state index contributed by atoms with van der Waals surface area (Å²) in [6.07, 6.45) is 2.66. The van der Waals surface area contributed by atoms with E-state index in [-0.39, 0.29) is 12.7 Å². The van der Waals surface area contributed by atoms with Crippen molar-refractivity contribution in [1.82, 2.24) is 4.57 Å². The first-order valence-electron chi connectivity index (χ1n) is 9.41. The quantitative estimate of drug-likeness (QED) is 0.523. The topological polar surface area (TPSA) is 14.2 Å². The molecule has 0 aliphatic carbocycles. The molecule has 1 aliphatic heterocycles. The number of alkyl halides is 1. The summed E-state index contributed by atoms with van der Waals surface area (Å²) in [5.41, 5.74) is 3.71. The number of aryl methyl sites for hydroxylation is 1. The number of aromatic nitrogens is 1. The second-order valence-electron chi connectivity index (χ2n) is 7.09. The zero-order chi connectivity index (χ0) is 18.6. The molecule has 4 rings (SSSR count). The van der Waals surface area contributed by atoms with Gasteiger partial charge in [-0.25, -0.2) is 4.39 Å². The van der Waals surface area contributed by atoms with E-state index in [9.17, 15) is 4.39 Å². The Morgan fingerprint density at radius 2 is 1.89 bits per heavy atom. The largest absolute Gasteiger partial charge is 0.371 e. The van der Waals surface area contributed by atoms with Crippen LogP contribution < -0.4 is 0 Å². The maximum atomic E-state index is 13.3. The van der Waals surface area contributed by atoms with Crippen molar-refractivity contribution < 1.29 is 9.13 Å². The van der Waals surface area contributed by atoms with Crippen LogP contribution in [0.3, 0.4) is 0 Å². The summed E-state index contributed by atoms with van der Waals surface area (Å²) in [4.78, 5) is 2.40. The Morgan fingerprint density at radius 1 is 1.04 bits per heavy atom. The molecular formula is C23H24FNOS. The predicted molar refractivity (Wildman–Crippen MR) is 108 cm³/mol. The molecule has 3 aromatic rings. The van der Waals surface area contributed by atoms with Crippen molar-refractivity contribution in [3.63, 3.8) is 0 Å². The lowest BCUT2D eigenvalue weighted by molar-refractivity contribution is -0.0280. The van der Waals surface area contributed by atoms with Crippen molar-refractivity contribution in [1.29, 1.82) is 0 Å². The monoisotopic (exact) mass is 381 g/mol. The van der Waals surface area contributed by atoms with Crippen molar-refractivity contribution in [2.45, 2.75) is 48.4 Å². The maximum Gasteiger partial charge on any atom is 0.123 e. The van der Waals surface area contributed by atoms with E-state index in [1.165, 1.54) is 21.0 Å². The molecule has 2 heterocycles. The van der Waals surface area contributed by atoms with Gasteiger partial charge in [-0.2, -0.15) is 0 Å². The van der Waals surface area contributed by atoms with E-state index >= 15 is 0 Å². The second kappa shape index (κ2) is 8.32. The minimum atomic E-state index is -0.812. The normalized spacial score (nSPS) is 19.9. The minimum absolute atomic E-state index is 0.0183. The highest BCUT2D eigenvalue weighted by atomic mass is 32.2. The van der Waals surface area contributed by atoms with Crippen LogP contribution in [0.25, 0.3) is 0 Å². The Kier molecular flexibility index (Phi) is 5.65. The third kappa shape index (κ3) is 4.63. The number of nitrogens with zero attached hydrogens (tertiary/aromatic N) is 1. The Hall–Kier alpha value is -2.04. The van der Waals surface area contributed by atoms with Gasteiger partial charge in [0.2, 0.25) is 0 Å². The molecule has 27 heavy (non-hydrogen) atoms. The van der Waals surface area contributed by atoms with E-state index in [1.54, 1.807) is 11.8 Å². The molecule has 1 saturated heterocycles. The van der Waals surface area contributed by atoms with Gasteiger partial charge in [0.25, 0.3) is 0 Å². The fourth-order valence-corrected chi connectivity index (χ4v) is 4.32. The fourth-order valence-electron chi connectivity index (χ4n) is 3.43. The summed E-state index contributed by atoms with van der Waals surface area (Å²) >= 11 is 1.75. The summed E-state index contributed by atoms with van der Waals surface area (Å²) in [7, 11) is 0. The van der Waals surface area contributed by atoms with Gasteiger partial charge in [-0.1, -0.05) is 36.0 Å². The first kappa shape index (κ1) is 18.3. The lowest BCUT2D eigenvalue weighted by Crippen LogP contribution is -2.21. The molecular weight excluding hydrogens is 357 g/mol. The third-order valence-corrected chi connectivity index (χ3v) is 6.02. The van der Waals surface area contributed by atoms with Gasteiger partial charge in [0.05, 0.1) is 12.7 Å². The predicted octanol–water partition coefficient (Wildman–Crippen LogP) is 6.19. The molecule has 0 radical (unpaired) electrons. The van der Waals surface area contributed by atoms with E-state index in [4.69, 9.17) is 4.74 Å². The zero-order valence-electron chi connectivity index (χ0n) is 15.5. The molecule has 1 aliphatic rings.